The third-order valence-corrected chi connectivity index (χ3v) is 4.55. The number of piperazine rings is 1. The van der Waals surface area contributed by atoms with Gasteiger partial charge in [-0.05, 0) is 24.3 Å². The summed E-state index contributed by atoms with van der Waals surface area (Å²) in [5.74, 6) is -1.33. The number of hydrogen-bond donors (Lipinski definition) is 3. The van der Waals surface area contributed by atoms with Gasteiger partial charge in [0.25, 0.3) is 0 Å². The van der Waals surface area contributed by atoms with Crippen LogP contribution in [0.4, 0.5) is 10.5 Å². The number of nitrogens with zero attached hydrogens (tertiary/aromatic N) is 3. The quantitative estimate of drug-likeness (QED) is 0.451. The Balaban J connectivity index is 1.56. The Hall–Kier alpha value is -3.14. The fourth-order valence-electron chi connectivity index (χ4n) is 3.18. The molecule has 1 atom stereocenters. The molecule has 3 rings (SSSR count). The summed E-state index contributed by atoms with van der Waals surface area (Å²) < 4.78 is 5.39. The molecule has 0 spiro atoms. The van der Waals surface area contributed by atoms with Gasteiger partial charge in [-0.2, -0.15) is 0 Å². The van der Waals surface area contributed by atoms with Crippen LogP contribution in [0.3, 0.4) is 0 Å². The molecule has 10 nitrogen and oxygen atoms in total. The lowest BCUT2D eigenvalue weighted by molar-refractivity contribution is -0.147. The van der Waals surface area contributed by atoms with Gasteiger partial charge in [0.2, 0.25) is 5.91 Å². The fraction of sp³-hybridized carbons (Fsp3) is 0.412. The monoisotopic (exact) mass is 375 g/mol. The second kappa shape index (κ2) is 7.62. The number of carboxylic acid groups (broad SMARTS) is 1. The Kier molecular flexibility index (Phi) is 5.26. The molecule has 10 heteroatoms. The number of hydrogen-bond acceptors (Lipinski definition) is 6. The second-order valence-corrected chi connectivity index (χ2v) is 6.52. The molecule has 27 heavy (non-hydrogen) atoms. The molecule has 0 radical (unpaired) electrons. The van der Waals surface area contributed by atoms with Crippen molar-refractivity contribution < 1.29 is 24.2 Å². The van der Waals surface area contributed by atoms with E-state index in [9.17, 15) is 14.4 Å². The van der Waals surface area contributed by atoms with Crippen molar-refractivity contribution >= 4 is 29.5 Å². The van der Waals surface area contributed by atoms with Crippen LogP contribution in [0.5, 0.6) is 0 Å². The highest BCUT2D eigenvalue weighted by Crippen LogP contribution is 2.23. The maximum Gasteiger partial charge on any atom is 0.414 e. The number of benzene rings is 1. The van der Waals surface area contributed by atoms with Crippen LogP contribution in [0, 0.1) is 5.41 Å². The third-order valence-electron chi connectivity index (χ3n) is 4.55. The molecule has 1 unspecified atom stereocenters. The Labute approximate surface area is 155 Å². The number of rotatable bonds is 6. The summed E-state index contributed by atoms with van der Waals surface area (Å²) in [6, 6.07) is 6.74. The van der Waals surface area contributed by atoms with Gasteiger partial charge >= 0.3 is 12.1 Å². The Bertz CT molecular complexity index is 765. The van der Waals surface area contributed by atoms with Crippen LogP contribution in [0.15, 0.2) is 24.3 Å². The molecule has 2 aliphatic rings. The summed E-state index contributed by atoms with van der Waals surface area (Å²) >= 11 is 0. The molecule has 0 saturated carbocycles. The van der Waals surface area contributed by atoms with Crippen LogP contribution in [0.1, 0.15) is 5.56 Å². The van der Waals surface area contributed by atoms with Crippen molar-refractivity contribution in [3.8, 4) is 0 Å². The van der Waals surface area contributed by atoms with Crippen molar-refractivity contribution in [3.05, 3.63) is 29.8 Å². The zero-order chi connectivity index (χ0) is 19.6. The van der Waals surface area contributed by atoms with E-state index >= 15 is 0 Å². The molecule has 0 aliphatic carbocycles. The fourth-order valence-corrected chi connectivity index (χ4v) is 3.18. The van der Waals surface area contributed by atoms with Gasteiger partial charge in [-0.25, -0.2) is 4.79 Å². The van der Waals surface area contributed by atoms with Crippen molar-refractivity contribution in [3.63, 3.8) is 0 Å². The zero-order valence-electron chi connectivity index (χ0n) is 14.6. The molecule has 0 aromatic heterocycles. The van der Waals surface area contributed by atoms with Gasteiger partial charge in [0.1, 0.15) is 18.5 Å². The molecule has 1 aromatic rings. The number of carbonyl (C=O) groups excluding carboxylic acids is 2. The predicted octanol–water partition coefficient (Wildman–Crippen LogP) is -0.475. The van der Waals surface area contributed by atoms with Gasteiger partial charge in [0, 0.05) is 30.9 Å². The number of aliphatic carboxylic acids is 1. The average molecular weight is 375 g/mol. The minimum atomic E-state index is -1.03. The smallest absolute Gasteiger partial charge is 0.414 e. The van der Waals surface area contributed by atoms with Gasteiger partial charge < -0.3 is 20.5 Å². The molecular weight excluding hydrogens is 354 g/mol. The molecule has 0 bridgehead atoms. The summed E-state index contributed by atoms with van der Waals surface area (Å²) in [6.45, 7) is 1.42. The first-order valence-corrected chi connectivity index (χ1v) is 8.48. The molecule has 1 aromatic carbocycles. The van der Waals surface area contributed by atoms with Crippen molar-refractivity contribution in [2.75, 3.05) is 44.2 Å². The number of nitrogen functional groups attached to an aromatic ring is 1. The van der Waals surface area contributed by atoms with Gasteiger partial charge in [-0.1, -0.05) is 0 Å². The first-order valence-electron chi connectivity index (χ1n) is 8.48. The van der Waals surface area contributed by atoms with E-state index in [1.807, 2.05) is 4.90 Å². The standard InChI is InChI=1S/C17H21N5O5/c18-16(19)11-1-3-12(4-2-11)22-8-13(27-17(22)26)7-20-5-6-21(10-15(24)25)14(23)9-20/h1-4,13H,5-10H2,(H3,18,19)(H,24,25). The van der Waals surface area contributed by atoms with Crippen LogP contribution >= 0.6 is 0 Å². The van der Waals surface area contributed by atoms with Crippen molar-refractivity contribution in [2.45, 2.75) is 6.10 Å². The van der Waals surface area contributed by atoms with Gasteiger partial charge in [-0.15, -0.1) is 0 Å². The van der Waals surface area contributed by atoms with Crippen molar-refractivity contribution in [1.29, 1.82) is 5.41 Å². The lowest BCUT2D eigenvalue weighted by atomic mass is 10.2. The SMILES string of the molecule is N=C(N)c1ccc(N2CC(CN3CCN(CC(=O)O)C(=O)C3)OC2=O)cc1. The van der Waals surface area contributed by atoms with E-state index < -0.39 is 12.1 Å². The van der Waals surface area contributed by atoms with Crippen LogP contribution in [0.2, 0.25) is 0 Å². The first kappa shape index (κ1) is 18.6. The zero-order valence-corrected chi connectivity index (χ0v) is 14.6. The maximum absolute atomic E-state index is 12.2. The third kappa shape index (κ3) is 4.34. The normalized spacial score (nSPS) is 20.7. The highest BCUT2D eigenvalue weighted by molar-refractivity contribution is 5.96. The van der Waals surface area contributed by atoms with Gasteiger partial charge in [0.05, 0.1) is 13.1 Å². The van der Waals surface area contributed by atoms with Crippen molar-refractivity contribution in [1.82, 2.24) is 9.80 Å². The summed E-state index contributed by atoms with van der Waals surface area (Å²) in [6.07, 6.45) is -0.852. The average Bonchev–Trinajstić information content (AvgIpc) is 2.97. The summed E-state index contributed by atoms with van der Waals surface area (Å²) in [5.41, 5.74) is 6.65. The van der Waals surface area contributed by atoms with E-state index in [1.165, 1.54) is 9.80 Å². The number of amides is 2. The van der Waals surface area contributed by atoms with Crippen LogP contribution < -0.4 is 10.6 Å². The number of ether oxygens (including phenoxy) is 1. The van der Waals surface area contributed by atoms with Gasteiger partial charge in [-0.3, -0.25) is 24.8 Å². The number of nitrogens with two attached hydrogens (primary N) is 1. The van der Waals surface area contributed by atoms with E-state index in [4.69, 9.17) is 21.0 Å². The second-order valence-electron chi connectivity index (χ2n) is 6.52. The highest BCUT2D eigenvalue weighted by atomic mass is 16.6. The Morgan fingerprint density at radius 1 is 1.26 bits per heavy atom. The topological polar surface area (TPSA) is 140 Å². The largest absolute Gasteiger partial charge is 0.480 e. The molecule has 2 heterocycles. The van der Waals surface area contributed by atoms with E-state index in [2.05, 4.69) is 0 Å². The van der Waals surface area contributed by atoms with E-state index in [0.29, 0.717) is 37.4 Å². The first-order chi connectivity index (χ1) is 12.8. The summed E-state index contributed by atoms with van der Waals surface area (Å²) in [5, 5.41) is 16.2. The number of cyclic esters (lactones) is 1. The summed E-state index contributed by atoms with van der Waals surface area (Å²) in [7, 11) is 0. The number of carbonyl (C=O) groups is 3. The highest BCUT2D eigenvalue weighted by Gasteiger charge is 2.35. The molecule has 4 N–H and O–H groups in total. The molecular formula is C17H21N5O5. The lowest BCUT2D eigenvalue weighted by Crippen LogP contribution is -2.53. The number of anilines is 1. The van der Waals surface area contributed by atoms with E-state index in [1.54, 1.807) is 24.3 Å². The number of nitrogens with one attached hydrogen (secondary N) is 1. The van der Waals surface area contributed by atoms with E-state index in [0.717, 1.165) is 0 Å². The van der Waals surface area contributed by atoms with E-state index in [-0.39, 0.29) is 30.9 Å². The molecule has 144 valence electrons. The predicted molar refractivity (Wildman–Crippen MR) is 95.7 cm³/mol. The molecule has 2 amide bonds. The molecule has 2 fully saturated rings. The van der Waals surface area contributed by atoms with Crippen molar-refractivity contribution in [2.24, 2.45) is 5.73 Å². The van der Waals surface area contributed by atoms with Crippen LogP contribution in [-0.4, -0.2) is 84.1 Å². The van der Waals surface area contributed by atoms with Gasteiger partial charge in [0.15, 0.2) is 0 Å². The number of amidine groups is 1. The number of carboxylic acids is 1. The Morgan fingerprint density at radius 2 is 1.96 bits per heavy atom. The van der Waals surface area contributed by atoms with Crippen LogP contribution in [-0.2, 0) is 14.3 Å². The minimum absolute atomic E-state index is 0.0462. The maximum atomic E-state index is 12.2. The van der Waals surface area contributed by atoms with Crippen LogP contribution in [0.25, 0.3) is 0 Å². The Morgan fingerprint density at radius 3 is 2.56 bits per heavy atom. The molecule has 2 saturated heterocycles. The molecule has 2 aliphatic heterocycles. The minimum Gasteiger partial charge on any atom is -0.480 e. The lowest BCUT2D eigenvalue weighted by Gasteiger charge is -2.34. The summed E-state index contributed by atoms with van der Waals surface area (Å²) in [4.78, 5) is 39.6.